The smallest absolute Gasteiger partial charge is 0.0991 e. The van der Waals surface area contributed by atoms with Gasteiger partial charge in [0.2, 0.25) is 0 Å². The van der Waals surface area contributed by atoms with Gasteiger partial charge in [-0.3, -0.25) is 0 Å². The summed E-state index contributed by atoms with van der Waals surface area (Å²) >= 11 is 0. The Kier molecular flexibility index (Phi) is 3.42. The summed E-state index contributed by atoms with van der Waals surface area (Å²) < 4.78 is 2.50. The van der Waals surface area contributed by atoms with Crippen LogP contribution in [0.5, 0.6) is 0 Å². The molecule has 23 heavy (non-hydrogen) atoms. The molecule has 0 aliphatic heterocycles. The second-order valence-electron chi connectivity index (χ2n) is 6.50. The minimum Gasteiger partial charge on any atom is -0.340 e. The Morgan fingerprint density at radius 3 is 2.78 bits per heavy atom. The number of nitrogens with zero attached hydrogens (tertiary/aromatic N) is 2. The van der Waals surface area contributed by atoms with Crippen LogP contribution in [0.1, 0.15) is 40.8 Å². The first-order valence-electron chi connectivity index (χ1n) is 8.36. The third kappa shape index (κ3) is 2.33. The molecule has 0 saturated carbocycles. The van der Waals surface area contributed by atoms with Crippen LogP contribution in [-0.4, -0.2) is 4.57 Å². The number of aryl methyl sites for hydroxylation is 2. The summed E-state index contributed by atoms with van der Waals surface area (Å²) in [6.45, 7) is 3.06. The first kappa shape index (κ1) is 14.1. The highest BCUT2D eigenvalue weighted by molar-refractivity contribution is 5.88. The van der Waals surface area contributed by atoms with Crippen LogP contribution in [0.3, 0.4) is 0 Å². The van der Waals surface area contributed by atoms with E-state index in [9.17, 15) is 0 Å². The quantitative estimate of drug-likeness (QED) is 0.671. The molecule has 114 valence electrons. The van der Waals surface area contributed by atoms with Gasteiger partial charge in [0.05, 0.1) is 17.1 Å². The molecule has 0 spiro atoms. The first-order chi connectivity index (χ1) is 11.3. The van der Waals surface area contributed by atoms with Crippen LogP contribution in [-0.2, 0) is 19.4 Å². The van der Waals surface area contributed by atoms with Gasteiger partial charge in [-0.1, -0.05) is 30.3 Å². The van der Waals surface area contributed by atoms with Crippen LogP contribution in [0.15, 0.2) is 42.5 Å². The van der Waals surface area contributed by atoms with Gasteiger partial charge in [0.1, 0.15) is 0 Å². The van der Waals surface area contributed by atoms with E-state index in [2.05, 4.69) is 41.8 Å². The topological polar surface area (TPSA) is 28.7 Å². The average Bonchev–Trinajstić information content (AvgIpc) is 2.91. The number of fused-ring (bicyclic) bond motifs is 3. The highest BCUT2D eigenvalue weighted by Crippen LogP contribution is 2.34. The van der Waals surface area contributed by atoms with Crippen LogP contribution >= 0.6 is 0 Å². The molecule has 2 nitrogen and oxygen atoms in total. The molecular weight excluding hydrogens is 280 g/mol. The lowest BCUT2D eigenvalue weighted by molar-refractivity contribution is 0.637. The van der Waals surface area contributed by atoms with Crippen molar-refractivity contribution < 1.29 is 0 Å². The number of aromatic nitrogens is 1. The van der Waals surface area contributed by atoms with Gasteiger partial charge in [-0.15, -0.1) is 0 Å². The van der Waals surface area contributed by atoms with Crippen LogP contribution in [0, 0.1) is 18.3 Å². The maximum Gasteiger partial charge on any atom is 0.0991 e. The standard InChI is InChI=1S/C21H20N2/c1-15-6-4-10-19-18-9-2-3-11-20(18)23(21(15)19)14-17-8-5-7-16(12-17)13-22/h4-8,10,12H,2-3,9,11,14H2,1H3. The van der Waals surface area contributed by atoms with Crippen molar-refractivity contribution in [2.24, 2.45) is 0 Å². The zero-order valence-electron chi connectivity index (χ0n) is 13.5. The van der Waals surface area contributed by atoms with Crippen molar-refractivity contribution in [3.05, 3.63) is 70.4 Å². The summed E-state index contributed by atoms with van der Waals surface area (Å²) in [5, 5.41) is 10.6. The summed E-state index contributed by atoms with van der Waals surface area (Å²) in [6, 6.07) is 16.9. The number of para-hydroxylation sites is 1. The van der Waals surface area contributed by atoms with Crippen molar-refractivity contribution in [2.45, 2.75) is 39.2 Å². The minimum absolute atomic E-state index is 0.740. The molecule has 0 atom stereocenters. The summed E-state index contributed by atoms with van der Waals surface area (Å²) in [6.07, 6.45) is 4.94. The lowest BCUT2D eigenvalue weighted by Crippen LogP contribution is -2.09. The minimum atomic E-state index is 0.740. The molecule has 0 unspecified atom stereocenters. The van der Waals surface area contributed by atoms with Crippen molar-refractivity contribution in [3.63, 3.8) is 0 Å². The maximum atomic E-state index is 9.14. The fraction of sp³-hybridized carbons (Fsp3) is 0.286. The fourth-order valence-corrected chi connectivity index (χ4v) is 3.97. The third-order valence-corrected chi connectivity index (χ3v) is 4.99. The molecule has 1 aromatic heterocycles. The normalized spacial score (nSPS) is 13.7. The third-order valence-electron chi connectivity index (χ3n) is 4.99. The Hall–Kier alpha value is -2.53. The van der Waals surface area contributed by atoms with E-state index < -0.39 is 0 Å². The lowest BCUT2D eigenvalue weighted by Gasteiger charge is -2.16. The monoisotopic (exact) mass is 300 g/mol. The van der Waals surface area contributed by atoms with E-state index in [0.717, 1.165) is 12.1 Å². The van der Waals surface area contributed by atoms with Gasteiger partial charge >= 0.3 is 0 Å². The molecule has 0 fully saturated rings. The fourth-order valence-electron chi connectivity index (χ4n) is 3.97. The Morgan fingerprint density at radius 1 is 1.09 bits per heavy atom. The van der Waals surface area contributed by atoms with E-state index >= 15 is 0 Å². The van der Waals surface area contributed by atoms with E-state index in [4.69, 9.17) is 5.26 Å². The molecule has 0 saturated heterocycles. The van der Waals surface area contributed by atoms with E-state index in [1.165, 1.54) is 53.4 Å². The number of rotatable bonds is 2. The molecule has 0 radical (unpaired) electrons. The molecular formula is C21H20N2. The summed E-state index contributed by atoms with van der Waals surface area (Å²) in [5.74, 6) is 0. The van der Waals surface area contributed by atoms with Crippen molar-refractivity contribution in [3.8, 4) is 6.07 Å². The van der Waals surface area contributed by atoms with Crippen molar-refractivity contribution in [1.29, 1.82) is 5.26 Å². The SMILES string of the molecule is Cc1cccc2c3c(n(Cc4cccc(C#N)c4)c12)CCCC3. The summed E-state index contributed by atoms with van der Waals surface area (Å²) in [7, 11) is 0. The number of nitriles is 1. The Bertz CT molecular complexity index is 925. The van der Waals surface area contributed by atoms with Gasteiger partial charge in [0.25, 0.3) is 0 Å². The van der Waals surface area contributed by atoms with Gasteiger partial charge in [-0.2, -0.15) is 5.26 Å². The zero-order chi connectivity index (χ0) is 15.8. The number of benzene rings is 2. The molecule has 3 aromatic rings. The molecule has 4 rings (SSSR count). The van der Waals surface area contributed by atoms with E-state index in [1.54, 1.807) is 5.56 Å². The second kappa shape index (κ2) is 5.59. The number of hydrogen-bond acceptors (Lipinski definition) is 1. The molecule has 0 bridgehead atoms. The molecule has 0 amide bonds. The molecule has 1 aliphatic carbocycles. The van der Waals surface area contributed by atoms with Gasteiger partial charge in [-0.25, -0.2) is 0 Å². The van der Waals surface area contributed by atoms with Crippen LogP contribution in [0.2, 0.25) is 0 Å². The summed E-state index contributed by atoms with van der Waals surface area (Å²) in [5.41, 5.74) is 7.71. The Morgan fingerprint density at radius 2 is 1.91 bits per heavy atom. The lowest BCUT2D eigenvalue weighted by atomic mass is 9.95. The first-order valence-corrected chi connectivity index (χ1v) is 8.36. The maximum absolute atomic E-state index is 9.14. The Labute approximate surface area is 137 Å². The number of hydrogen-bond donors (Lipinski definition) is 0. The van der Waals surface area contributed by atoms with Gasteiger partial charge in [-0.05, 0) is 61.4 Å². The molecule has 2 heteroatoms. The van der Waals surface area contributed by atoms with Gasteiger partial charge < -0.3 is 4.57 Å². The predicted octanol–water partition coefficient (Wildman–Crippen LogP) is 4.75. The van der Waals surface area contributed by atoms with Gasteiger partial charge in [0, 0.05) is 17.6 Å². The van der Waals surface area contributed by atoms with Crippen LogP contribution in [0.25, 0.3) is 10.9 Å². The second-order valence-corrected chi connectivity index (χ2v) is 6.50. The van der Waals surface area contributed by atoms with Crippen LogP contribution < -0.4 is 0 Å². The van der Waals surface area contributed by atoms with E-state index in [1.807, 2.05) is 18.2 Å². The van der Waals surface area contributed by atoms with Crippen molar-refractivity contribution >= 4 is 10.9 Å². The average molecular weight is 300 g/mol. The highest BCUT2D eigenvalue weighted by atomic mass is 15.0. The van der Waals surface area contributed by atoms with Crippen molar-refractivity contribution in [1.82, 2.24) is 4.57 Å². The molecule has 1 heterocycles. The van der Waals surface area contributed by atoms with E-state index in [-0.39, 0.29) is 0 Å². The Balaban J connectivity index is 1.90. The molecule has 0 N–H and O–H groups in total. The zero-order valence-corrected chi connectivity index (χ0v) is 13.5. The van der Waals surface area contributed by atoms with Crippen molar-refractivity contribution in [2.75, 3.05) is 0 Å². The summed E-state index contributed by atoms with van der Waals surface area (Å²) in [4.78, 5) is 0. The molecule has 2 aromatic carbocycles. The molecule has 1 aliphatic rings. The highest BCUT2D eigenvalue weighted by Gasteiger charge is 2.20. The van der Waals surface area contributed by atoms with Crippen LogP contribution in [0.4, 0.5) is 0 Å². The largest absolute Gasteiger partial charge is 0.340 e. The predicted molar refractivity (Wildman–Crippen MR) is 93.6 cm³/mol. The van der Waals surface area contributed by atoms with Gasteiger partial charge in [0.15, 0.2) is 0 Å². The van der Waals surface area contributed by atoms with E-state index in [0.29, 0.717) is 0 Å².